The number of rotatable bonds is 12. The zero-order chi connectivity index (χ0) is 24.1. The molecule has 0 spiro atoms. The highest BCUT2D eigenvalue weighted by molar-refractivity contribution is 5.92. The van der Waals surface area contributed by atoms with Crippen LogP contribution in [0, 0.1) is 12.3 Å². The molecule has 9 heteroatoms. The first-order valence-corrected chi connectivity index (χ1v) is 10.5. The summed E-state index contributed by atoms with van der Waals surface area (Å²) in [7, 11) is 4.37. The van der Waals surface area contributed by atoms with Crippen LogP contribution >= 0.6 is 0 Å². The molecule has 0 rings (SSSR count). The molecule has 31 heavy (non-hydrogen) atoms. The summed E-state index contributed by atoms with van der Waals surface area (Å²) in [5.41, 5.74) is 0. The SMILES string of the molecule is C#CCOC(=O)N(C)C(C)C(=O)N(C)C(C)C(=O)N(C)C(C)C(=O)OCCCCCC. The minimum Gasteiger partial charge on any atom is -0.464 e. The maximum absolute atomic E-state index is 12.8. The first-order chi connectivity index (χ1) is 14.5. The van der Waals surface area contributed by atoms with Gasteiger partial charge in [0.15, 0.2) is 6.61 Å². The zero-order valence-corrected chi connectivity index (χ0v) is 19.8. The number of ether oxygens (including phenoxy) is 2. The minimum absolute atomic E-state index is 0.202. The summed E-state index contributed by atoms with van der Waals surface area (Å²) >= 11 is 0. The number of nitrogens with zero attached hydrogens (tertiary/aromatic N) is 3. The van der Waals surface area contributed by atoms with Gasteiger partial charge in [-0.05, 0) is 27.2 Å². The summed E-state index contributed by atoms with van der Waals surface area (Å²) in [6, 6.07) is -2.51. The first kappa shape index (κ1) is 28.2. The normalized spacial score (nSPS) is 13.2. The van der Waals surface area contributed by atoms with Gasteiger partial charge >= 0.3 is 12.1 Å². The molecule has 0 heterocycles. The third kappa shape index (κ3) is 8.87. The minimum atomic E-state index is -0.874. The number of carbonyl (C=O) groups is 4. The second-order valence-electron chi connectivity index (χ2n) is 7.52. The van der Waals surface area contributed by atoms with E-state index in [1.54, 1.807) is 13.8 Å². The van der Waals surface area contributed by atoms with Crippen LogP contribution in [0.5, 0.6) is 0 Å². The van der Waals surface area contributed by atoms with Gasteiger partial charge in [0.1, 0.15) is 18.1 Å². The average Bonchev–Trinajstić information content (AvgIpc) is 2.77. The van der Waals surface area contributed by atoms with E-state index in [4.69, 9.17) is 15.9 Å². The number of hydrogen-bond donors (Lipinski definition) is 0. The topological polar surface area (TPSA) is 96.5 Å². The summed E-state index contributed by atoms with van der Waals surface area (Å²) in [6.45, 7) is 6.88. The largest absolute Gasteiger partial charge is 0.464 e. The van der Waals surface area contributed by atoms with Crippen LogP contribution in [0.25, 0.3) is 0 Å². The van der Waals surface area contributed by atoms with Gasteiger partial charge in [-0.25, -0.2) is 9.59 Å². The second kappa shape index (κ2) is 14.3. The number of esters is 1. The Morgan fingerprint density at radius 3 is 1.84 bits per heavy atom. The quantitative estimate of drug-likeness (QED) is 0.262. The Kier molecular flexibility index (Phi) is 13.0. The Morgan fingerprint density at radius 2 is 1.32 bits per heavy atom. The highest BCUT2D eigenvalue weighted by Gasteiger charge is 2.34. The third-order valence-corrected chi connectivity index (χ3v) is 5.30. The Labute approximate surface area is 186 Å². The van der Waals surface area contributed by atoms with Crippen molar-refractivity contribution in [1.29, 1.82) is 0 Å². The van der Waals surface area contributed by atoms with E-state index in [1.165, 1.54) is 37.9 Å². The number of terminal acetylenes is 1. The summed E-state index contributed by atoms with van der Waals surface area (Å²) in [4.78, 5) is 53.3. The first-order valence-electron chi connectivity index (χ1n) is 10.5. The van der Waals surface area contributed by atoms with E-state index in [0.29, 0.717) is 6.61 Å². The molecule has 0 N–H and O–H groups in total. The molecular formula is C22H37N3O6. The molecule has 0 radical (unpaired) electrons. The van der Waals surface area contributed by atoms with Gasteiger partial charge in [0.25, 0.3) is 0 Å². The standard InChI is InChI=1S/C22H37N3O6/c1-9-11-12-13-15-30-21(28)18(5)24(7)19(26)16(3)23(6)20(27)17(4)25(8)22(29)31-14-10-2/h2,16-18H,9,11-15H2,1,3-8H3. The van der Waals surface area contributed by atoms with Crippen LogP contribution in [-0.4, -0.2) is 91.1 Å². The Morgan fingerprint density at radius 1 is 0.806 bits per heavy atom. The number of likely N-dealkylation sites (N-methyl/N-ethyl adjacent to an activating group) is 3. The van der Waals surface area contributed by atoms with E-state index in [1.807, 2.05) is 0 Å². The Bertz CT molecular complexity index is 660. The summed E-state index contributed by atoms with van der Waals surface area (Å²) in [5.74, 6) is 0.812. The molecule has 0 saturated heterocycles. The molecule has 0 aliphatic rings. The predicted octanol–water partition coefficient (Wildman–Crippen LogP) is 1.89. The lowest BCUT2D eigenvalue weighted by molar-refractivity contribution is -0.156. The molecule has 0 saturated carbocycles. The number of carbonyl (C=O) groups excluding carboxylic acids is 4. The fraction of sp³-hybridized carbons (Fsp3) is 0.727. The van der Waals surface area contributed by atoms with Crippen molar-refractivity contribution >= 4 is 23.9 Å². The van der Waals surface area contributed by atoms with Crippen LogP contribution in [0.2, 0.25) is 0 Å². The van der Waals surface area contributed by atoms with Gasteiger partial charge in [0, 0.05) is 21.1 Å². The van der Waals surface area contributed by atoms with E-state index in [2.05, 4.69) is 12.8 Å². The molecule has 0 aromatic carbocycles. The van der Waals surface area contributed by atoms with Crippen LogP contribution in [0.15, 0.2) is 0 Å². The average molecular weight is 440 g/mol. The monoisotopic (exact) mass is 439 g/mol. The molecule has 0 aromatic rings. The smallest absolute Gasteiger partial charge is 0.411 e. The molecule has 176 valence electrons. The molecule has 0 bridgehead atoms. The lowest BCUT2D eigenvalue weighted by Crippen LogP contribution is -2.54. The van der Waals surface area contributed by atoms with Crippen molar-refractivity contribution in [3.8, 4) is 12.3 Å². The molecule has 3 amide bonds. The van der Waals surface area contributed by atoms with Crippen LogP contribution in [0.3, 0.4) is 0 Å². The van der Waals surface area contributed by atoms with E-state index in [9.17, 15) is 19.2 Å². The Balaban J connectivity index is 4.87. The lowest BCUT2D eigenvalue weighted by atomic mass is 10.2. The maximum Gasteiger partial charge on any atom is 0.411 e. The lowest BCUT2D eigenvalue weighted by Gasteiger charge is -2.33. The van der Waals surface area contributed by atoms with Gasteiger partial charge in [-0.1, -0.05) is 32.1 Å². The van der Waals surface area contributed by atoms with Crippen molar-refractivity contribution in [2.45, 2.75) is 71.5 Å². The highest BCUT2D eigenvalue weighted by Crippen LogP contribution is 2.10. The second-order valence-corrected chi connectivity index (χ2v) is 7.52. The predicted molar refractivity (Wildman–Crippen MR) is 117 cm³/mol. The molecule has 0 aliphatic heterocycles. The van der Waals surface area contributed by atoms with Gasteiger partial charge in [-0.3, -0.25) is 14.5 Å². The van der Waals surface area contributed by atoms with Gasteiger partial charge in [-0.15, -0.1) is 6.42 Å². The molecule has 3 atom stereocenters. The van der Waals surface area contributed by atoms with E-state index < -0.39 is 42.0 Å². The number of unbranched alkanes of at least 4 members (excludes halogenated alkanes) is 3. The molecule has 0 aliphatic carbocycles. The van der Waals surface area contributed by atoms with Gasteiger partial charge in [0.2, 0.25) is 11.8 Å². The van der Waals surface area contributed by atoms with Crippen LogP contribution < -0.4 is 0 Å². The summed E-state index contributed by atoms with van der Waals surface area (Å²) in [6.07, 6.45) is 8.26. The molecular weight excluding hydrogens is 402 g/mol. The zero-order valence-electron chi connectivity index (χ0n) is 19.8. The molecule has 9 nitrogen and oxygen atoms in total. The number of hydrogen-bond acceptors (Lipinski definition) is 6. The molecule has 3 unspecified atom stereocenters. The van der Waals surface area contributed by atoms with Crippen molar-refractivity contribution in [2.24, 2.45) is 0 Å². The van der Waals surface area contributed by atoms with Crippen LogP contribution in [-0.2, 0) is 23.9 Å². The summed E-state index contributed by atoms with van der Waals surface area (Å²) in [5, 5.41) is 0. The van der Waals surface area contributed by atoms with E-state index in [-0.39, 0.29) is 6.61 Å². The van der Waals surface area contributed by atoms with Gasteiger partial charge in [0.05, 0.1) is 6.61 Å². The van der Waals surface area contributed by atoms with Crippen molar-refractivity contribution in [1.82, 2.24) is 14.7 Å². The maximum atomic E-state index is 12.8. The molecule has 0 aromatic heterocycles. The number of amides is 3. The van der Waals surface area contributed by atoms with E-state index in [0.717, 1.165) is 30.6 Å². The van der Waals surface area contributed by atoms with Crippen molar-refractivity contribution < 1.29 is 28.7 Å². The van der Waals surface area contributed by atoms with Crippen molar-refractivity contribution in [3.63, 3.8) is 0 Å². The van der Waals surface area contributed by atoms with Crippen LogP contribution in [0.1, 0.15) is 53.4 Å². The van der Waals surface area contributed by atoms with E-state index >= 15 is 0 Å². The molecule has 0 fully saturated rings. The van der Waals surface area contributed by atoms with Gasteiger partial charge in [-0.2, -0.15) is 0 Å². The third-order valence-electron chi connectivity index (χ3n) is 5.30. The Hall–Kier alpha value is -2.76. The highest BCUT2D eigenvalue weighted by atomic mass is 16.6. The van der Waals surface area contributed by atoms with Crippen molar-refractivity contribution in [3.05, 3.63) is 0 Å². The fourth-order valence-corrected chi connectivity index (χ4v) is 2.65. The van der Waals surface area contributed by atoms with Crippen LogP contribution in [0.4, 0.5) is 4.79 Å². The summed E-state index contributed by atoms with van der Waals surface area (Å²) < 4.78 is 10.1. The van der Waals surface area contributed by atoms with Crippen molar-refractivity contribution in [2.75, 3.05) is 34.4 Å². The fourth-order valence-electron chi connectivity index (χ4n) is 2.65. The van der Waals surface area contributed by atoms with Gasteiger partial charge < -0.3 is 19.3 Å².